The molecule has 0 aliphatic heterocycles. The Hall–Kier alpha value is -1.20. The average molecular weight is 337 g/mol. The van der Waals surface area contributed by atoms with Gasteiger partial charge in [-0.3, -0.25) is 4.79 Å². The zero-order valence-electron chi connectivity index (χ0n) is 13.7. The highest BCUT2D eigenvalue weighted by Gasteiger charge is 2.16. The fraction of sp³-hybridized carbons (Fsp3) is 0.471. The number of aromatic nitrogens is 1. The van der Waals surface area contributed by atoms with Gasteiger partial charge in [0.1, 0.15) is 0 Å². The highest BCUT2D eigenvalue weighted by molar-refractivity contribution is 7.98. The number of carbonyl (C=O) groups excluding carboxylic acids is 1. The molecule has 0 bridgehead atoms. The van der Waals surface area contributed by atoms with Crippen LogP contribution in [-0.2, 0) is 5.75 Å². The summed E-state index contributed by atoms with van der Waals surface area (Å²) in [5, 5.41) is 5.13. The number of rotatable bonds is 7. The molecule has 0 saturated heterocycles. The predicted octanol–water partition coefficient (Wildman–Crippen LogP) is 4.41. The molecule has 1 amide bonds. The Morgan fingerprint density at radius 1 is 1.41 bits per heavy atom. The van der Waals surface area contributed by atoms with Crippen molar-refractivity contribution in [2.75, 3.05) is 12.3 Å². The third-order valence-electron chi connectivity index (χ3n) is 3.60. The molecular formula is C17H24N2OS2. The summed E-state index contributed by atoms with van der Waals surface area (Å²) in [6.45, 7) is 9.07. The number of carbonyl (C=O) groups is 1. The van der Waals surface area contributed by atoms with Crippen LogP contribution in [0.25, 0.3) is 0 Å². The van der Waals surface area contributed by atoms with Crippen LogP contribution in [0.2, 0.25) is 0 Å². The predicted molar refractivity (Wildman–Crippen MR) is 97.1 cm³/mol. The van der Waals surface area contributed by atoms with Gasteiger partial charge in [0.15, 0.2) is 0 Å². The van der Waals surface area contributed by atoms with Gasteiger partial charge in [-0.15, -0.1) is 11.3 Å². The summed E-state index contributed by atoms with van der Waals surface area (Å²) in [5.74, 6) is 2.00. The molecule has 5 heteroatoms. The van der Waals surface area contributed by atoms with Crippen LogP contribution in [-0.4, -0.2) is 22.8 Å². The molecule has 0 aliphatic rings. The summed E-state index contributed by atoms with van der Waals surface area (Å²) in [5.41, 5.74) is 3.00. The minimum atomic E-state index is 0.0386. The Morgan fingerprint density at radius 3 is 2.77 bits per heavy atom. The molecule has 3 nitrogen and oxygen atoms in total. The first-order valence-corrected chi connectivity index (χ1v) is 9.61. The molecule has 0 fully saturated rings. The molecule has 2 heterocycles. The van der Waals surface area contributed by atoms with Gasteiger partial charge in [0.2, 0.25) is 0 Å². The molecule has 0 aliphatic carbocycles. The minimum absolute atomic E-state index is 0.0386. The largest absolute Gasteiger partial charge is 0.351 e. The second kappa shape index (κ2) is 7.88. The van der Waals surface area contributed by atoms with E-state index in [0.29, 0.717) is 12.6 Å². The van der Waals surface area contributed by atoms with Gasteiger partial charge in [0.05, 0.1) is 5.56 Å². The standard InChI is InChI=1S/C17H24N2OS2/c1-12(2)19-13(3)10-16(14(19)4)17(20)18-7-9-21-11-15-6-5-8-22-15/h5-6,8,10,12H,7,9,11H2,1-4H3,(H,18,20). The summed E-state index contributed by atoms with van der Waals surface area (Å²) >= 11 is 3.64. The number of thioether (sulfide) groups is 1. The lowest BCUT2D eigenvalue weighted by Crippen LogP contribution is -2.26. The zero-order chi connectivity index (χ0) is 16.1. The molecule has 2 aromatic rings. The number of nitrogens with zero attached hydrogens (tertiary/aromatic N) is 1. The van der Waals surface area contributed by atoms with Crippen molar-refractivity contribution in [3.8, 4) is 0 Å². The van der Waals surface area contributed by atoms with E-state index in [1.165, 1.54) is 4.88 Å². The maximum absolute atomic E-state index is 12.3. The normalized spacial score (nSPS) is 11.1. The lowest BCUT2D eigenvalue weighted by atomic mass is 10.2. The van der Waals surface area contributed by atoms with Crippen molar-refractivity contribution in [2.45, 2.75) is 39.5 Å². The summed E-state index contributed by atoms with van der Waals surface area (Å²) in [4.78, 5) is 13.7. The first-order chi connectivity index (χ1) is 10.5. The Balaban J connectivity index is 1.81. The van der Waals surface area contributed by atoms with Crippen molar-refractivity contribution < 1.29 is 4.79 Å². The van der Waals surface area contributed by atoms with Gasteiger partial charge in [-0.25, -0.2) is 0 Å². The van der Waals surface area contributed by atoms with Crippen LogP contribution in [0, 0.1) is 13.8 Å². The molecule has 2 rings (SSSR count). The van der Waals surface area contributed by atoms with E-state index in [0.717, 1.165) is 28.5 Å². The van der Waals surface area contributed by atoms with Crippen LogP contribution < -0.4 is 5.32 Å². The number of hydrogen-bond donors (Lipinski definition) is 1. The smallest absolute Gasteiger partial charge is 0.253 e. The van der Waals surface area contributed by atoms with Gasteiger partial charge < -0.3 is 9.88 Å². The van der Waals surface area contributed by atoms with Gasteiger partial charge in [-0.2, -0.15) is 11.8 Å². The summed E-state index contributed by atoms with van der Waals surface area (Å²) in [7, 11) is 0. The van der Waals surface area contributed by atoms with Crippen LogP contribution in [0.3, 0.4) is 0 Å². The third-order valence-corrected chi connectivity index (χ3v) is 5.67. The van der Waals surface area contributed by atoms with Crippen molar-refractivity contribution in [1.82, 2.24) is 9.88 Å². The van der Waals surface area contributed by atoms with E-state index in [-0.39, 0.29) is 5.91 Å². The first kappa shape index (κ1) is 17.2. The quantitative estimate of drug-likeness (QED) is 0.760. The Bertz CT molecular complexity index is 615. The van der Waals surface area contributed by atoms with Crippen molar-refractivity contribution in [1.29, 1.82) is 0 Å². The summed E-state index contributed by atoms with van der Waals surface area (Å²) in [6, 6.07) is 6.59. The van der Waals surface area contributed by atoms with E-state index in [4.69, 9.17) is 0 Å². The molecule has 1 N–H and O–H groups in total. The summed E-state index contributed by atoms with van der Waals surface area (Å²) < 4.78 is 2.21. The highest BCUT2D eigenvalue weighted by Crippen LogP contribution is 2.20. The van der Waals surface area contributed by atoms with Crippen LogP contribution in [0.1, 0.15) is 46.5 Å². The van der Waals surface area contributed by atoms with E-state index in [9.17, 15) is 4.79 Å². The maximum Gasteiger partial charge on any atom is 0.253 e. The van der Waals surface area contributed by atoms with E-state index < -0.39 is 0 Å². The topological polar surface area (TPSA) is 34.0 Å². The van der Waals surface area contributed by atoms with Crippen LogP contribution in [0.15, 0.2) is 23.6 Å². The SMILES string of the molecule is Cc1cc(C(=O)NCCSCc2cccs2)c(C)n1C(C)C. The molecule has 0 radical (unpaired) electrons. The molecule has 22 heavy (non-hydrogen) atoms. The van der Waals surface area contributed by atoms with Gasteiger partial charge in [0.25, 0.3) is 5.91 Å². The van der Waals surface area contributed by atoms with E-state index in [1.807, 2.05) is 24.8 Å². The third kappa shape index (κ3) is 4.17. The number of nitrogens with one attached hydrogen (secondary N) is 1. The van der Waals surface area contributed by atoms with Crippen molar-refractivity contribution in [3.63, 3.8) is 0 Å². The van der Waals surface area contributed by atoms with Gasteiger partial charge in [-0.05, 0) is 45.2 Å². The molecule has 0 aromatic carbocycles. The Labute approximate surface area is 141 Å². The molecule has 0 unspecified atom stereocenters. The second-order valence-electron chi connectivity index (χ2n) is 5.64. The second-order valence-corrected chi connectivity index (χ2v) is 7.77. The van der Waals surface area contributed by atoms with E-state index in [1.54, 1.807) is 11.3 Å². The Kier molecular flexibility index (Phi) is 6.15. The van der Waals surface area contributed by atoms with Crippen LogP contribution >= 0.6 is 23.1 Å². The minimum Gasteiger partial charge on any atom is -0.351 e. The van der Waals surface area contributed by atoms with Crippen LogP contribution in [0.5, 0.6) is 0 Å². The molecule has 0 saturated carbocycles. The summed E-state index contributed by atoms with van der Waals surface area (Å²) in [6.07, 6.45) is 0. The fourth-order valence-corrected chi connectivity index (χ4v) is 4.40. The van der Waals surface area contributed by atoms with Crippen molar-refractivity contribution >= 4 is 29.0 Å². The van der Waals surface area contributed by atoms with Crippen molar-refractivity contribution in [3.05, 3.63) is 45.4 Å². The molecule has 2 aromatic heterocycles. The molecule has 120 valence electrons. The average Bonchev–Trinajstić information content (AvgIpc) is 3.06. The molecule has 0 atom stereocenters. The van der Waals surface area contributed by atoms with Crippen LogP contribution in [0.4, 0.5) is 0 Å². The maximum atomic E-state index is 12.3. The lowest BCUT2D eigenvalue weighted by Gasteiger charge is -2.13. The van der Waals surface area contributed by atoms with E-state index >= 15 is 0 Å². The lowest BCUT2D eigenvalue weighted by molar-refractivity contribution is 0.0955. The van der Waals surface area contributed by atoms with Gasteiger partial charge in [0, 0.05) is 40.4 Å². The number of thiophene rings is 1. The van der Waals surface area contributed by atoms with E-state index in [2.05, 4.69) is 48.2 Å². The molecular weight excluding hydrogens is 312 g/mol. The first-order valence-electron chi connectivity index (χ1n) is 7.57. The van der Waals surface area contributed by atoms with Crippen molar-refractivity contribution in [2.24, 2.45) is 0 Å². The number of amides is 1. The van der Waals surface area contributed by atoms with Gasteiger partial charge in [-0.1, -0.05) is 6.07 Å². The fourth-order valence-electron chi connectivity index (χ4n) is 2.70. The monoisotopic (exact) mass is 336 g/mol. The van der Waals surface area contributed by atoms with Gasteiger partial charge >= 0.3 is 0 Å². The number of aryl methyl sites for hydroxylation is 1. The zero-order valence-corrected chi connectivity index (χ0v) is 15.3. The highest BCUT2D eigenvalue weighted by atomic mass is 32.2. The Morgan fingerprint density at radius 2 is 2.18 bits per heavy atom. The number of hydrogen-bond acceptors (Lipinski definition) is 3. The molecule has 0 spiro atoms.